The first kappa shape index (κ1) is 17.9. The lowest BCUT2D eigenvalue weighted by atomic mass is 9.69. The summed E-state index contributed by atoms with van der Waals surface area (Å²) in [6.07, 6.45) is 11.0. The van der Waals surface area contributed by atoms with Gasteiger partial charge in [-0.2, -0.15) is 0 Å². The number of allylic oxidation sites excluding steroid dienone is 2. The Kier molecular flexibility index (Phi) is 4.94. The van der Waals surface area contributed by atoms with Gasteiger partial charge in [-0.05, 0) is 48.7 Å². The zero-order valence-electron chi connectivity index (χ0n) is 15.3. The number of rotatable bonds is 5. The molecule has 3 rings (SSSR count). The van der Waals surface area contributed by atoms with Crippen LogP contribution in [0.25, 0.3) is 0 Å². The summed E-state index contributed by atoms with van der Waals surface area (Å²) in [7, 11) is 0. The van der Waals surface area contributed by atoms with Gasteiger partial charge in [0.15, 0.2) is 0 Å². The van der Waals surface area contributed by atoms with Crippen LogP contribution in [0.5, 0.6) is 0 Å². The van der Waals surface area contributed by atoms with Crippen molar-refractivity contribution < 1.29 is 9.90 Å². The number of aliphatic carboxylic acids is 1. The first-order valence-electron chi connectivity index (χ1n) is 8.79. The number of anilines is 1. The van der Waals surface area contributed by atoms with Gasteiger partial charge >= 0.3 is 5.97 Å². The Bertz CT molecular complexity index is 858. The van der Waals surface area contributed by atoms with Crippen molar-refractivity contribution in [3.8, 4) is 0 Å². The predicted molar refractivity (Wildman–Crippen MR) is 104 cm³/mol. The van der Waals surface area contributed by atoms with E-state index in [1.165, 1.54) is 5.56 Å². The number of hydrogen-bond donors (Lipinski definition) is 2. The number of nitrogens with one attached hydrogen (secondary N) is 1. The largest absolute Gasteiger partial charge is 0.481 e. The maximum absolute atomic E-state index is 12.1. The Morgan fingerprint density at radius 3 is 2.62 bits per heavy atom. The molecule has 3 unspecified atom stereocenters. The Labute approximate surface area is 154 Å². The van der Waals surface area contributed by atoms with Crippen LogP contribution < -0.4 is 5.32 Å². The van der Waals surface area contributed by atoms with Crippen LogP contribution in [0.3, 0.4) is 0 Å². The summed E-state index contributed by atoms with van der Waals surface area (Å²) in [4.78, 5) is 16.2. The highest BCUT2D eigenvalue weighted by atomic mass is 16.4. The molecular formula is C22H24N2O2. The van der Waals surface area contributed by atoms with Crippen molar-refractivity contribution in [2.45, 2.75) is 32.2 Å². The second-order valence-corrected chi connectivity index (χ2v) is 6.87. The summed E-state index contributed by atoms with van der Waals surface area (Å²) in [5.41, 5.74) is 3.52. The molecule has 0 aliphatic heterocycles. The van der Waals surface area contributed by atoms with Crippen molar-refractivity contribution in [1.29, 1.82) is 0 Å². The van der Waals surface area contributed by atoms with E-state index < -0.39 is 17.4 Å². The third kappa shape index (κ3) is 3.15. The summed E-state index contributed by atoms with van der Waals surface area (Å²) in [6, 6.07) is 9.96. The molecule has 0 spiro atoms. The summed E-state index contributed by atoms with van der Waals surface area (Å²) < 4.78 is 0. The normalized spacial score (nSPS) is 22.8. The van der Waals surface area contributed by atoms with Gasteiger partial charge in [0.05, 0.1) is 5.54 Å². The standard InChI is InChI=1S/C22H24N2O2/c1-15-7-6-9-20(16(15)2)24-22(12-5-4-8-19(22)21(25)26)17(3)18-10-13-23-14-11-18/h4-14,17,19,24H,1-3H3,(H,25,26). The van der Waals surface area contributed by atoms with Crippen LogP contribution in [0.4, 0.5) is 5.69 Å². The van der Waals surface area contributed by atoms with Gasteiger partial charge in [-0.25, -0.2) is 0 Å². The SMILES string of the molecule is Cc1cccc(NC2(C(C)c3ccncc3)C=CC=CC2C(=O)O)c1C. The zero-order chi connectivity index (χ0) is 18.7. The van der Waals surface area contributed by atoms with Gasteiger partial charge in [-0.1, -0.05) is 43.4 Å². The van der Waals surface area contributed by atoms with E-state index in [1.807, 2.05) is 36.4 Å². The third-order valence-corrected chi connectivity index (χ3v) is 5.45. The van der Waals surface area contributed by atoms with Crippen molar-refractivity contribution in [2.24, 2.45) is 5.92 Å². The lowest BCUT2D eigenvalue weighted by Crippen LogP contribution is -2.51. The second kappa shape index (κ2) is 7.16. The molecule has 0 saturated carbocycles. The fraction of sp³-hybridized carbons (Fsp3) is 0.273. The van der Waals surface area contributed by atoms with Gasteiger partial charge in [0.25, 0.3) is 0 Å². The van der Waals surface area contributed by atoms with Crippen LogP contribution in [0, 0.1) is 19.8 Å². The molecule has 0 radical (unpaired) electrons. The van der Waals surface area contributed by atoms with E-state index >= 15 is 0 Å². The highest BCUT2D eigenvalue weighted by Crippen LogP contribution is 2.41. The number of nitrogens with zero attached hydrogens (tertiary/aromatic N) is 1. The number of carbonyl (C=O) groups is 1. The van der Waals surface area contributed by atoms with Crippen LogP contribution in [0.2, 0.25) is 0 Å². The average molecular weight is 348 g/mol. The minimum absolute atomic E-state index is 0.0762. The van der Waals surface area contributed by atoms with E-state index in [0.717, 1.165) is 16.8 Å². The fourth-order valence-electron chi connectivity index (χ4n) is 3.63. The number of hydrogen-bond acceptors (Lipinski definition) is 3. The monoisotopic (exact) mass is 348 g/mol. The van der Waals surface area contributed by atoms with Crippen LogP contribution >= 0.6 is 0 Å². The summed E-state index contributed by atoms with van der Waals surface area (Å²) in [5.74, 6) is -1.60. The summed E-state index contributed by atoms with van der Waals surface area (Å²) >= 11 is 0. The highest BCUT2D eigenvalue weighted by Gasteiger charge is 2.46. The smallest absolute Gasteiger partial charge is 0.313 e. The van der Waals surface area contributed by atoms with Crippen LogP contribution in [0.1, 0.15) is 29.5 Å². The molecule has 4 nitrogen and oxygen atoms in total. The molecule has 0 amide bonds. The Morgan fingerprint density at radius 2 is 1.92 bits per heavy atom. The molecule has 0 fully saturated rings. The van der Waals surface area contributed by atoms with Gasteiger partial charge < -0.3 is 10.4 Å². The fourth-order valence-corrected chi connectivity index (χ4v) is 3.63. The van der Waals surface area contributed by atoms with Gasteiger partial charge in [0.1, 0.15) is 5.92 Å². The molecule has 4 heteroatoms. The Balaban J connectivity index is 2.13. The molecule has 1 aromatic heterocycles. The maximum atomic E-state index is 12.1. The van der Waals surface area contributed by atoms with Crippen molar-refractivity contribution >= 4 is 11.7 Å². The molecular weight excluding hydrogens is 324 g/mol. The van der Waals surface area contributed by atoms with Gasteiger partial charge in [-0.3, -0.25) is 9.78 Å². The van der Waals surface area contributed by atoms with Gasteiger partial charge in [0, 0.05) is 24.0 Å². The summed E-state index contributed by atoms with van der Waals surface area (Å²) in [5, 5.41) is 13.5. The molecule has 1 heterocycles. The van der Waals surface area contributed by atoms with Gasteiger partial charge in [0.2, 0.25) is 0 Å². The molecule has 1 aromatic carbocycles. The zero-order valence-corrected chi connectivity index (χ0v) is 15.3. The van der Waals surface area contributed by atoms with Crippen LogP contribution in [0.15, 0.2) is 67.0 Å². The minimum atomic E-state index is -0.843. The van der Waals surface area contributed by atoms with E-state index in [1.54, 1.807) is 24.5 Å². The molecule has 1 aliphatic rings. The van der Waals surface area contributed by atoms with E-state index in [4.69, 9.17) is 0 Å². The quantitative estimate of drug-likeness (QED) is 0.836. The molecule has 3 atom stereocenters. The molecule has 0 saturated heterocycles. The first-order chi connectivity index (χ1) is 12.5. The number of benzene rings is 1. The predicted octanol–water partition coefficient (Wildman–Crippen LogP) is 4.48. The van der Waals surface area contributed by atoms with E-state index in [-0.39, 0.29) is 5.92 Å². The Hall–Kier alpha value is -2.88. The maximum Gasteiger partial charge on any atom is 0.313 e. The summed E-state index contributed by atoms with van der Waals surface area (Å²) in [6.45, 7) is 6.18. The minimum Gasteiger partial charge on any atom is -0.481 e. The Morgan fingerprint density at radius 1 is 1.19 bits per heavy atom. The van der Waals surface area contributed by atoms with Crippen molar-refractivity contribution in [2.75, 3.05) is 5.32 Å². The van der Waals surface area contributed by atoms with E-state index in [2.05, 4.69) is 37.1 Å². The number of pyridine rings is 1. The number of aromatic nitrogens is 1. The van der Waals surface area contributed by atoms with Crippen molar-refractivity contribution in [1.82, 2.24) is 4.98 Å². The molecule has 2 aromatic rings. The topological polar surface area (TPSA) is 62.2 Å². The second-order valence-electron chi connectivity index (χ2n) is 6.87. The first-order valence-corrected chi connectivity index (χ1v) is 8.79. The third-order valence-electron chi connectivity index (χ3n) is 5.45. The molecule has 2 N–H and O–H groups in total. The number of aryl methyl sites for hydroxylation is 1. The van der Waals surface area contributed by atoms with E-state index in [9.17, 15) is 9.90 Å². The van der Waals surface area contributed by atoms with Crippen molar-refractivity contribution in [3.63, 3.8) is 0 Å². The number of carboxylic acids is 1. The van der Waals surface area contributed by atoms with E-state index in [0.29, 0.717) is 0 Å². The van der Waals surface area contributed by atoms with Crippen LogP contribution in [-0.2, 0) is 4.79 Å². The highest BCUT2D eigenvalue weighted by molar-refractivity contribution is 5.78. The average Bonchev–Trinajstić information content (AvgIpc) is 2.65. The lowest BCUT2D eigenvalue weighted by Gasteiger charge is -2.43. The molecule has 1 aliphatic carbocycles. The molecule has 26 heavy (non-hydrogen) atoms. The lowest BCUT2D eigenvalue weighted by molar-refractivity contribution is -0.141. The molecule has 0 bridgehead atoms. The van der Waals surface area contributed by atoms with Crippen LogP contribution in [-0.4, -0.2) is 21.6 Å². The number of carboxylic acid groups (broad SMARTS) is 1. The van der Waals surface area contributed by atoms with Gasteiger partial charge in [-0.15, -0.1) is 0 Å². The molecule has 134 valence electrons. The van der Waals surface area contributed by atoms with Crippen molar-refractivity contribution in [3.05, 3.63) is 83.7 Å².